The van der Waals surface area contributed by atoms with E-state index in [2.05, 4.69) is 15.1 Å². The number of hydrogen-bond acceptors (Lipinski definition) is 7. The van der Waals surface area contributed by atoms with E-state index in [1.54, 1.807) is 35.9 Å². The van der Waals surface area contributed by atoms with Gasteiger partial charge in [0.25, 0.3) is 0 Å². The molecule has 1 aliphatic heterocycles. The van der Waals surface area contributed by atoms with Crippen molar-refractivity contribution in [2.24, 2.45) is 0 Å². The van der Waals surface area contributed by atoms with Gasteiger partial charge in [0, 0.05) is 31.0 Å². The Hall–Kier alpha value is -2.48. The second kappa shape index (κ2) is 6.56. The van der Waals surface area contributed by atoms with Crippen molar-refractivity contribution < 1.29 is 13.7 Å². The van der Waals surface area contributed by atoms with Crippen LogP contribution in [0.3, 0.4) is 0 Å². The Morgan fingerprint density at radius 2 is 2.42 bits per heavy atom. The number of carbonyl (C=O) groups is 1. The zero-order valence-electron chi connectivity index (χ0n) is 12.9. The van der Waals surface area contributed by atoms with E-state index in [1.807, 2.05) is 10.3 Å². The third kappa shape index (κ3) is 2.96. The predicted octanol–water partition coefficient (Wildman–Crippen LogP) is 3.08. The molecule has 1 aliphatic rings. The molecule has 1 saturated heterocycles. The average Bonchev–Trinajstić information content (AvgIpc) is 3.40. The predicted molar refractivity (Wildman–Crippen MR) is 86.1 cm³/mol. The summed E-state index contributed by atoms with van der Waals surface area (Å²) in [7, 11) is 0. The average molecular weight is 344 g/mol. The fraction of sp³-hybridized carbons (Fsp3) is 0.375. The van der Waals surface area contributed by atoms with E-state index in [-0.39, 0.29) is 11.9 Å². The molecule has 3 aromatic rings. The highest BCUT2D eigenvalue weighted by Crippen LogP contribution is 2.33. The van der Waals surface area contributed by atoms with Gasteiger partial charge in [0.15, 0.2) is 5.76 Å². The minimum Gasteiger partial charge on any atom is -0.461 e. The van der Waals surface area contributed by atoms with E-state index in [1.165, 1.54) is 0 Å². The summed E-state index contributed by atoms with van der Waals surface area (Å²) in [5, 5.41) is 6.84. The van der Waals surface area contributed by atoms with Gasteiger partial charge in [0.2, 0.25) is 17.6 Å². The van der Waals surface area contributed by atoms with Gasteiger partial charge in [-0.1, -0.05) is 5.16 Å². The molecular weight excluding hydrogens is 328 g/mol. The molecule has 0 aromatic carbocycles. The molecule has 0 saturated carbocycles. The normalized spacial score (nSPS) is 17.5. The lowest BCUT2D eigenvalue weighted by Gasteiger charge is -2.22. The van der Waals surface area contributed by atoms with Gasteiger partial charge < -0.3 is 13.8 Å². The number of likely N-dealkylation sites (tertiary alicyclic amines) is 1. The maximum absolute atomic E-state index is 12.6. The van der Waals surface area contributed by atoms with E-state index in [0.29, 0.717) is 30.3 Å². The summed E-state index contributed by atoms with van der Waals surface area (Å²) in [6, 6.07) is 3.64. The number of rotatable bonds is 5. The summed E-state index contributed by atoms with van der Waals surface area (Å²) in [6.45, 7) is 0.782. The summed E-state index contributed by atoms with van der Waals surface area (Å²) in [5.41, 5.74) is 0. The van der Waals surface area contributed by atoms with Crippen LogP contribution in [-0.4, -0.2) is 32.5 Å². The lowest BCUT2D eigenvalue weighted by atomic mass is 10.2. The minimum atomic E-state index is 0.102. The molecule has 0 radical (unpaired) electrons. The van der Waals surface area contributed by atoms with Crippen LogP contribution in [0.25, 0.3) is 11.6 Å². The summed E-state index contributed by atoms with van der Waals surface area (Å²) in [6.07, 6.45) is 6.10. The van der Waals surface area contributed by atoms with Crippen molar-refractivity contribution in [3.63, 3.8) is 0 Å². The number of aryl methyl sites for hydroxylation is 1. The SMILES string of the molecule is O=C(CCc1nc(-c2ccco2)no1)N1CCC[C@H]1c1nccs1. The standard InChI is InChI=1S/C16H16N4O3S/c21-14(20-8-1-3-11(20)16-17-7-10-24-16)6-5-13-18-15(19-23-13)12-4-2-9-22-12/h2,4,7,9-11H,1,3,5-6,8H2/t11-/m0/s1. The van der Waals surface area contributed by atoms with E-state index in [0.717, 1.165) is 24.4 Å². The molecule has 8 heteroatoms. The smallest absolute Gasteiger partial charge is 0.238 e. The van der Waals surface area contributed by atoms with Gasteiger partial charge in [-0.3, -0.25) is 4.79 Å². The molecule has 0 bridgehead atoms. The Bertz CT molecular complexity index is 797. The van der Waals surface area contributed by atoms with Gasteiger partial charge in [-0.25, -0.2) is 4.98 Å². The van der Waals surface area contributed by atoms with Gasteiger partial charge in [-0.15, -0.1) is 11.3 Å². The van der Waals surface area contributed by atoms with Crippen molar-refractivity contribution in [1.29, 1.82) is 0 Å². The van der Waals surface area contributed by atoms with Gasteiger partial charge in [-0.2, -0.15) is 4.98 Å². The third-order valence-electron chi connectivity index (χ3n) is 4.07. The Balaban J connectivity index is 1.38. The fourth-order valence-corrected chi connectivity index (χ4v) is 3.73. The second-order valence-electron chi connectivity index (χ2n) is 5.60. The Morgan fingerprint density at radius 1 is 1.46 bits per heavy atom. The molecule has 1 amide bonds. The van der Waals surface area contributed by atoms with Gasteiger partial charge in [-0.05, 0) is 25.0 Å². The molecule has 4 rings (SSSR count). The van der Waals surface area contributed by atoms with Crippen LogP contribution < -0.4 is 0 Å². The molecule has 4 heterocycles. The van der Waals surface area contributed by atoms with E-state index in [4.69, 9.17) is 8.94 Å². The molecule has 0 aliphatic carbocycles. The maximum Gasteiger partial charge on any atom is 0.238 e. The van der Waals surface area contributed by atoms with Crippen LogP contribution in [-0.2, 0) is 11.2 Å². The van der Waals surface area contributed by atoms with Crippen LogP contribution in [0.15, 0.2) is 38.9 Å². The highest BCUT2D eigenvalue weighted by atomic mass is 32.1. The monoisotopic (exact) mass is 344 g/mol. The Labute approximate surface area is 142 Å². The van der Waals surface area contributed by atoms with Crippen LogP contribution >= 0.6 is 11.3 Å². The molecule has 124 valence electrons. The summed E-state index contributed by atoms with van der Waals surface area (Å²) >= 11 is 1.60. The maximum atomic E-state index is 12.6. The zero-order chi connectivity index (χ0) is 16.4. The zero-order valence-corrected chi connectivity index (χ0v) is 13.7. The number of aromatic nitrogens is 3. The first kappa shape index (κ1) is 15.1. The Morgan fingerprint density at radius 3 is 3.21 bits per heavy atom. The highest BCUT2D eigenvalue weighted by molar-refractivity contribution is 7.09. The molecule has 0 unspecified atom stereocenters. The van der Waals surface area contributed by atoms with E-state index in [9.17, 15) is 4.79 Å². The number of carbonyl (C=O) groups excluding carboxylic acids is 1. The first-order chi connectivity index (χ1) is 11.8. The number of amides is 1. The molecule has 1 atom stereocenters. The van der Waals surface area contributed by atoms with E-state index < -0.39 is 0 Å². The van der Waals surface area contributed by atoms with Crippen molar-refractivity contribution in [2.75, 3.05) is 6.54 Å². The number of thiazole rings is 1. The van der Waals surface area contributed by atoms with Crippen LogP contribution in [0.5, 0.6) is 0 Å². The largest absolute Gasteiger partial charge is 0.461 e. The molecule has 7 nitrogen and oxygen atoms in total. The molecule has 1 fully saturated rings. The molecule has 24 heavy (non-hydrogen) atoms. The fourth-order valence-electron chi connectivity index (χ4n) is 2.94. The van der Waals surface area contributed by atoms with Crippen LogP contribution in [0.1, 0.15) is 36.2 Å². The van der Waals surface area contributed by atoms with E-state index >= 15 is 0 Å². The minimum absolute atomic E-state index is 0.102. The number of nitrogens with zero attached hydrogens (tertiary/aromatic N) is 4. The first-order valence-corrected chi connectivity index (χ1v) is 8.74. The number of hydrogen-bond donors (Lipinski definition) is 0. The summed E-state index contributed by atoms with van der Waals surface area (Å²) in [4.78, 5) is 23.1. The van der Waals surface area contributed by atoms with Crippen LogP contribution in [0.4, 0.5) is 0 Å². The molecule has 3 aromatic heterocycles. The first-order valence-electron chi connectivity index (χ1n) is 7.86. The van der Waals surface area contributed by atoms with Crippen molar-refractivity contribution in [1.82, 2.24) is 20.0 Å². The van der Waals surface area contributed by atoms with Crippen molar-refractivity contribution in [3.8, 4) is 11.6 Å². The Kier molecular flexibility index (Phi) is 4.12. The summed E-state index contributed by atoms with van der Waals surface area (Å²) in [5.74, 6) is 1.51. The number of furan rings is 1. The van der Waals surface area contributed by atoms with Crippen LogP contribution in [0, 0.1) is 0 Å². The molecule has 0 N–H and O–H groups in total. The van der Waals surface area contributed by atoms with Crippen LogP contribution in [0.2, 0.25) is 0 Å². The van der Waals surface area contributed by atoms with Crippen molar-refractivity contribution in [3.05, 3.63) is 40.9 Å². The third-order valence-corrected chi connectivity index (χ3v) is 4.95. The summed E-state index contributed by atoms with van der Waals surface area (Å²) < 4.78 is 10.4. The van der Waals surface area contributed by atoms with Gasteiger partial charge in [0.1, 0.15) is 5.01 Å². The highest BCUT2D eigenvalue weighted by Gasteiger charge is 2.31. The van der Waals surface area contributed by atoms with Gasteiger partial charge >= 0.3 is 0 Å². The van der Waals surface area contributed by atoms with Crippen molar-refractivity contribution in [2.45, 2.75) is 31.7 Å². The van der Waals surface area contributed by atoms with Crippen molar-refractivity contribution >= 4 is 17.2 Å². The van der Waals surface area contributed by atoms with Gasteiger partial charge in [0.05, 0.1) is 12.3 Å². The molecular formula is C16H16N4O3S. The molecule has 0 spiro atoms. The second-order valence-corrected chi connectivity index (χ2v) is 6.53. The quantitative estimate of drug-likeness (QED) is 0.707. The lowest BCUT2D eigenvalue weighted by molar-refractivity contribution is -0.132. The topological polar surface area (TPSA) is 85.3 Å². The lowest BCUT2D eigenvalue weighted by Crippen LogP contribution is -2.30.